The van der Waals surface area contributed by atoms with Crippen LogP contribution in [0.5, 0.6) is 5.75 Å². The number of benzene rings is 1. The lowest BCUT2D eigenvalue weighted by Gasteiger charge is -2.11. The van der Waals surface area contributed by atoms with Crippen LogP contribution in [0.3, 0.4) is 0 Å². The van der Waals surface area contributed by atoms with Gasteiger partial charge in [0.2, 0.25) is 0 Å². The standard InChI is InChI=1S/C18H18N4O3/c1-12-7-17(22-25-12)21-18(23)14-8-15(11-19-9-14)20-10-13-5-3-4-6-16(13)24-2/h3-9,11,20H,10H2,1-2H3,(H,21,22,23). The van der Waals surface area contributed by atoms with E-state index in [2.05, 4.69) is 20.8 Å². The van der Waals surface area contributed by atoms with Gasteiger partial charge in [0.25, 0.3) is 5.91 Å². The molecule has 0 bridgehead atoms. The van der Waals surface area contributed by atoms with E-state index in [1.54, 1.807) is 32.4 Å². The maximum atomic E-state index is 12.3. The van der Waals surface area contributed by atoms with Crippen LogP contribution in [0, 0.1) is 6.92 Å². The second-order valence-corrected chi connectivity index (χ2v) is 5.40. The van der Waals surface area contributed by atoms with Crippen molar-refractivity contribution in [3.05, 3.63) is 65.7 Å². The van der Waals surface area contributed by atoms with E-state index < -0.39 is 0 Å². The van der Waals surface area contributed by atoms with Gasteiger partial charge in [0.1, 0.15) is 11.5 Å². The van der Waals surface area contributed by atoms with E-state index in [1.165, 1.54) is 6.20 Å². The number of methoxy groups -OCH3 is 1. The average molecular weight is 338 g/mol. The number of rotatable bonds is 6. The first-order valence-corrected chi connectivity index (χ1v) is 7.71. The number of carbonyl (C=O) groups excluding carboxylic acids is 1. The van der Waals surface area contributed by atoms with Crippen molar-refractivity contribution in [2.75, 3.05) is 17.7 Å². The molecule has 0 fully saturated rings. The van der Waals surface area contributed by atoms with Crippen molar-refractivity contribution >= 4 is 17.4 Å². The van der Waals surface area contributed by atoms with Crippen molar-refractivity contribution in [1.82, 2.24) is 10.1 Å². The molecule has 0 unspecified atom stereocenters. The fourth-order valence-electron chi connectivity index (χ4n) is 2.32. The third-order valence-corrected chi connectivity index (χ3v) is 3.55. The third-order valence-electron chi connectivity index (χ3n) is 3.55. The molecule has 1 amide bonds. The Kier molecular flexibility index (Phi) is 4.94. The van der Waals surface area contributed by atoms with Crippen LogP contribution in [0.4, 0.5) is 11.5 Å². The lowest BCUT2D eigenvalue weighted by atomic mass is 10.2. The molecular formula is C18H18N4O3. The fourth-order valence-corrected chi connectivity index (χ4v) is 2.32. The Labute approximate surface area is 145 Å². The highest BCUT2D eigenvalue weighted by molar-refractivity contribution is 6.04. The van der Waals surface area contributed by atoms with Gasteiger partial charge >= 0.3 is 0 Å². The molecule has 2 aromatic heterocycles. The van der Waals surface area contributed by atoms with Crippen molar-refractivity contribution in [1.29, 1.82) is 0 Å². The first-order valence-electron chi connectivity index (χ1n) is 7.71. The Morgan fingerprint density at radius 3 is 2.84 bits per heavy atom. The summed E-state index contributed by atoms with van der Waals surface area (Å²) in [6, 6.07) is 11.1. The van der Waals surface area contributed by atoms with Crippen molar-refractivity contribution in [2.45, 2.75) is 13.5 Å². The van der Waals surface area contributed by atoms with E-state index >= 15 is 0 Å². The number of anilines is 2. The summed E-state index contributed by atoms with van der Waals surface area (Å²) in [7, 11) is 1.64. The SMILES string of the molecule is COc1ccccc1CNc1cncc(C(=O)Nc2cc(C)on2)c1. The van der Waals surface area contributed by atoms with Gasteiger partial charge in [-0.25, -0.2) is 0 Å². The predicted molar refractivity (Wildman–Crippen MR) is 93.8 cm³/mol. The minimum absolute atomic E-state index is 0.304. The molecule has 3 rings (SSSR count). The molecule has 128 valence electrons. The highest BCUT2D eigenvalue weighted by atomic mass is 16.5. The number of nitrogens with zero attached hydrogens (tertiary/aromatic N) is 2. The molecule has 0 aliphatic rings. The molecule has 2 N–H and O–H groups in total. The van der Waals surface area contributed by atoms with Gasteiger partial charge in [0, 0.05) is 30.6 Å². The molecule has 7 heteroatoms. The molecule has 2 heterocycles. The first kappa shape index (κ1) is 16.5. The molecule has 0 saturated heterocycles. The number of carbonyl (C=O) groups is 1. The van der Waals surface area contributed by atoms with Crippen molar-refractivity contribution in [2.24, 2.45) is 0 Å². The first-order chi connectivity index (χ1) is 12.2. The molecule has 0 aliphatic heterocycles. The summed E-state index contributed by atoms with van der Waals surface area (Å²) in [5.74, 6) is 1.50. The second-order valence-electron chi connectivity index (χ2n) is 5.40. The van der Waals surface area contributed by atoms with Crippen LogP contribution in [-0.2, 0) is 6.54 Å². The molecule has 0 aliphatic carbocycles. The Morgan fingerprint density at radius 2 is 2.08 bits per heavy atom. The highest BCUT2D eigenvalue weighted by Gasteiger charge is 2.10. The Balaban J connectivity index is 1.67. The van der Waals surface area contributed by atoms with Crippen LogP contribution in [0.15, 0.2) is 53.3 Å². The summed E-state index contributed by atoms with van der Waals surface area (Å²) in [6.07, 6.45) is 3.16. The van der Waals surface area contributed by atoms with E-state index in [4.69, 9.17) is 9.26 Å². The van der Waals surface area contributed by atoms with Gasteiger partial charge in [-0.05, 0) is 19.1 Å². The maximum Gasteiger partial charge on any atom is 0.258 e. The van der Waals surface area contributed by atoms with Crippen LogP contribution >= 0.6 is 0 Å². The molecular weight excluding hydrogens is 320 g/mol. The number of pyridine rings is 1. The van der Waals surface area contributed by atoms with Crippen molar-refractivity contribution in [3.8, 4) is 5.75 Å². The summed E-state index contributed by atoms with van der Waals surface area (Å²) in [5, 5.41) is 9.65. The molecule has 25 heavy (non-hydrogen) atoms. The fraction of sp³-hybridized carbons (Fsp3) is 0.167. The van der Waals surface area contributed by atoms with Gasteiger partial charge in [-0.3, -0.25) is 9.78 Å². The third kappa shape index (κ3) is 4.14. The summed E-state index contributed by atoms with van der Waals surface area (Å²) < 4.78 is 10.3. The summed E-state index contributed by atoms with van der Waals surface area (Å²) >= 11 is 0. The van der Waals surface area contributed by atoms with E-state index in [-0.39, 0.29) is 5.91 Å². The van der Waals surface area contributed by atoms with Gasteiger partial charge in [0.15, 0.2) is 5.82 Å². The number of nitrogens with one attached hydrogen (secondary N) is 2. The molecule has 7 nitrogen and oxygen atoms in total. The topological polar surface area (TPSA) is 89.3 Å². The minimum Gasteiger partial charge on any atom is -0.496 e. The highest BCUT2D eigenvalue weighted by Crippen LogP contribution is 2.19. The zero-order valence-corrected chi connectivity index (χ0v) is 13.9. The van der Waals surface area contributed by atoms with Crippen molar-refractivity contribution in [3.63, 3.8) is 0 Å². The van der Waals surface area contributed by atoms with Gasteiger partial charge in [0.05, 0.1) is 18.4 Å². The lowest BCUT2D eigenvalue weighted by molar-refractivity contribution is 0.102. The molecule has 0 radical (unpaired) electrons. The molecule has 1 aromatic carbocycles. The number of aryl methyl sites for hydroxylation is 1. The summed E-state index contributed by atoms with van der Waals surface area (Å²) in [4.78, 5) is 16.4. The second kappa shape index (κ2) is 7.48. The smallest absolute Gasteiger partial charge is 0.258 e. The monoisotopic (exact) mass is 338 g/mol. The molecule has 0 spiro atoms. The zero-order chi connectivity index (χ0) is 17.6. The predicted octanol–water partition coefficient (Wildman–Crippen LogP) is 3.25. The zero-order valence-electron chi connectivity index (χ0n) is 13.9. The summed E-state index contributed by atoms with van der Waals surface area (Å²) in [6.45, 7) is 2.31. The van der Waals surface area contributed by atoms with Crippen molar-refractivity contribution < 1.29 is 14.1 Å². The Morgan fingerprint density at radius 1 is 1.24 bits per heavy atom. The van der Waals surface area contributed by atoms with E-state index in [9.17, 15) is 4.79 Å². The largest absolute Gasteiger partial charge is 0.496 e. The number of hydrogen-bond donors (Lipinski definition) is 2. The minimum atomic E-state index is -0.304. The average Bonchev–Trinajstić information content (AvgIpc) is 3.05. The Bertz CT molecular complexity index is 876. The number of amides is 1. The van der Waals surface area contributed by atoms with Gasteiger partial charge < -0.3 is 19.9 Å². The van der Waals surface area contributed by atoms with Crippen LogP contribution in [0.1, 0.15) is 21.7 Å². The van der Waals surface area contributed by atoms with Gasteiger partial charge in [-0.2, -0.15) is 0 Å². The number of hydrogen-bond acceptors (Lipinski definition) is 6. The number of para-hydroxylation sites is 1. The normalized spacial score (nSPS) is 10.3. The quantitative estimate of drug-likeness (QED) is 0.717. The molecule has 0 atom stereocenters. The maximum absolute atomic E-state index is 12.3. The van der Waals surface area contributed by atoms with Crippen LogP contribution in [0.25, 0.3) is 0 Å². The number of aromatic nitrogens is 2. The molecule has 3 aromatic rings. The lowest BCUT2D eigenvalue weighted by Crippen LogP contribution is -2.13. The van der Waals surface area contributed by atoms with Gasteiger partial charge in [-0.15, -0.1) is 0 Å². The van der Waals surface area contributed by atoms with Crippen LogP contribution in [-0.4, -0.2) is 23.2 Å². The van der Waals surface area contributed by atoms with Crippen LogP contribution < -0.4 is 15.4 Å². The number of ether oxygens (including phenoxy) is 1. The van der Waals surface area contributed by atoms with E-state index in [0.717, 1.165) is 17.0 Å². The van der Waals surface area contributed by atoms with Crippen LogP contribution in [0.2, 0.25) is 0 Å². The van der Waals surface area contributed by atoms with E-state index in [1.807, 2.05) is 24.3 Å². The summed E-state index contributed by atoms with van der Waals surface area (Å²) in [5.41, 5.74) is 2.17. The van der Waals surface area contributed by atoms with Gasteiger partial charge in [-0.1, -0.05) is 23.4 Å². The van der Waals surface area contributed by atoms with E-state index in [0.29, 0.717) is 23.7 Å². The Hall–Kier alpha value is -3.35. The molecule has 0 saturated carbocycles.